The molecule has 0 unspecified atom stereocenters. The summed E-state index contributed by atoms with van der Waals surface area (Å²) in [5.74, 6) is 1.15. The number of hydrogen-bond donors (Lipinski definition) is 14. The summed E-state index contributed by atoms with van der Waals surface area (Å²) >= 11 is 17.6. The number of aryl methyl sites for hydroxylation is 6. The van der Waals surface area contributed by atoms with E-state index in [1.807, 2.05) is 106 Å². The van der Waals surface area contributed by atoms with Crippen molar-refractivity contribution in [3.05, 3.63) is 146 Å². The topological polar surface area (TPSA) is 447 Å². The number of nitrogen functional groups attached to an aromatic ring is 3. The Morgan fingerprint density at radius 1 is 0.528 bits per heavy atom. The van der Waals surface area contributed by atoms with Crippen molar-refractivity contribution in [3.8, 4) is 0 Å². The molecule has 0 radical (unpaired) electrons. The molecule has 9 aromatic rings. The molecule has 6 aromatic heterocycles. The van der Waals surface area contributed by atoms with Crippen LogP contribution in [-0.2, 0) is 58.9 Å². The summed E-state index contributed by atoms with van der Waals surface area (Å²) in [7, 11) is 3.91. The van der Waals surface area contributed by atoms with Crippen LogP contribution in [0, 0.1) is 0 Å². The molecule has 1 aliphatic rings. The van der Waals surface area contributed by atoms with Crippen molar-refractivity contribution in [2.75, 3.05) is 83.7 Å². The number of nitrogens with two attached hydrogens (primary N) is 3. The fourth-order valence-corrected chi connectivity index (χ4v) is 12.7. The summed E-state index contributed by atoms with van der Waals surface area (Å²) in [5, 5.41) is 66.1. The van der Waals surface area contributed by atoms with E-state index in [1.165, 1.54) is 18.6 Å². The highest BCUT2D eigenvalue weighted by Crippen LogP contribution is 2.24. The van der Waals surface area contributed by atoms with Gasteiger partial charge in [-0.1, -0.05) is 41.4 Å². The first-order chi connectivity index (χ1) is 50.3. The minimum Gasteiger partial charge on any atom is -1.00 e. The van der Waals surface area contributed by atoms with Crippen molar-refractivity contribution in [3.63, 3.8) is 0 Å². The van der Waals surface area contributed by atoms with Gasteiger partial charge in [0.1, 0.15) is 53.4 Å². The SMILES string of the molecule is C=C(NC[C@H](O)[C@@H](O)[C@H](O)[C@H](O)CO)c1ccc2c(c1)n(CC)c(CNC(=O)c1nc(Cl)cnc1N)[n+]2CC.CCn1c(CNC(=O)c2nc(Cl)cnc2N)[n+](CC)c2ccc(C(=O)N3CCN(C)CC3)cc21.CCn1c(CNC(=O)c2nc(Cl)cnc2N)[n+](CC)c2ccc(C(=O)NCCNC)cc21.[Cl-]. The molecule has 1 saturated heterocycles. The highest BCUT2D eigenvalue weighted by atomic mass is 35.5. The normalized spacial score (nSPS) is 13.3. The van der Waals surface area contributed by atoms with Gasteiger partial charge in [0.15, 0.2) is 67.6 Å². The van der Waals surface area contributed by atoms with Gasteiger partial charge in [-0.2, -0.15) is 0 Å². The molecule has 5 amide bonds. The minimum absolute atomic E-state index is 0. The number of aliphatic hydroxyl groups excluding tert-OH is 5. The van der Waals surface area contributed by atoms with Crippen molar-refractivity contribution in [1.29, 1.82) is 0 Å². The minimum atomic E-state index is -1.71. The van der Waals surface area contributed by atoms with E-state index < -0.39 is 48.7 Å². The van der Waals surface area contributed by atoms with Crippen LogP contribution in [-0.4, -0.2) is 199 Å². The highest BCUT2D eigenvalue weighted by Gasteiger charge is 2.33. The fourth-order valence-electron chi connectivity index (χ4n) is 12.3. The number of likely N-dealkylation sites (N-methyl/N-ethyl adjacent to an activating group) is 2. The number of nitrogens with one attached hydrogen (secondary N) is 6. The monoisotopic (exact) mass is 1540 g/mol. The van der Waals surface area contributed by atoms with Gasteiger partial charge in [-0.3, -0.25) is 24.0 Å². The lowest BCUT2D eigenvalue weighted by molar-refractivity contribution is -0.676. The number of amides is 5. The lowest BCUT2D eigenvalue weighted by Gasteiger charge is -2.32. The number of aromatic nitrogens is 12. The molecule has 570 valence electrons. The molecule has 1 fully saturated rings. The Morgan fingerprint density at radius 2 is 0.896 bits per heavy atom. The van der Waals surface area contributed by atoms with Crippen LogP contribution in [0.5, 0.6) is 0 Å². The predicted octanol–water partition coefficient (Wildman–Crippen LogP) is -1.89. The second-order valence-electron chi connectivity index (χ2n) is 24.3. The van der Waals surface area contributed by atoms with Gasteiger partial charge in [-0.15, -0.1) is 0 Å². The van der Waals surface area contributed by atoms with Gasteiger partial charge in [0.05, 0.1) is 70.6 Å². The number of rotatable bonds is 28. The van der Waals surface area contributed by atoms with Crippen LogP contribution in [0.1, 0.15) is 117 Å². The van der Waals surface area contributed by atoms with Crippen LogP contribution in [0.25, 0.3) is 38.8 Å². The summed E-state index contributed by atoms with van der Waals surface area (Å²) in [5.41, 5.74) is 25.4. The maximum atomic E-state index is 13.1. The third-order valence-electron chi connectivity index (χ3n) is 17.8. The van der Waals surface area contributed by atoms with Crippen LogP contribution in [0.3, 0.4) is 0 Å². The standard InChI is InChI=1S/C25H34ClN7O6.C23H29ClN8O2.C21H27ClN8O2.ClH/c1-4-32-15-7-6-14(13(3)28-9-17(35)22(37)23(38)18(36)12-34)8-16(15)33(5-2)20(32)11-30-25(39)21-24(27)29-10-19(26)31-21;1-4-31-16-7-6-15(23(34)30-10-8-29(3)9-11-30)12-17(16)32(5-2)19(31)14-27-22(33)20-21(25)26-13-18(24)28-20;1-4-29-14-7-6-13(20(31)25-9-8-24-3)10-15(14)30(5-2)17(29)12-27-21(32)18-19(23)26-11-16(22)28-18;/h6-8,10,17-18,22-23,28,34-38H,3-5,9,11-12H2,1-2H3,(H2-,27,29,30,39);6-7,12-13H,4-5,8-11,14H2,1-3H3,(H2-,25,26,27,33);6-7,10-11,24H,4-5,8-9,12H2,1-3H3,(H3-,23,25,26,27,31,32);1H/p+2/t17-,18+,22+,23+;;;/m0.../s1. The fraction of sp³-hybridized carbons (Fsp3) is 0.420. The van der Waals surface area contributed by atoms with Crippen LogP contribution in [0.15, 0.2) is 79.8 Å². The van der Waals surface area contributed by atoms with Crippen molar-refractivity contribution < 1.29 is 75.6 Å². The molecule has 10 rings (SSSR count). The molecule has 1 aliphatic heterocycles. The average Bonchev–Trinajstić information content (AvgIpc) is 1.63. The first-order valence-corrected chi connectivity index (χ1v) is 35.4. The maximum Gasteiger partial charge on any atom is 0.277 e. The van der Waals surface area contributed by atoms with Gasteiger partial charge in [0.2, 0.25) is 0 Å². The van der Waals surface area contributed by atoms with E-state index >= 15 is 0 Å². The number of aliphatic hydroxyl groups is 5. The molecule has 0 spiro atoms. The number of halogens is 4. The number of imidazole rings is 3. The zero-order valence-electron chi connectivity index (χ0n) is 60.2. The molecule has 0 saturated carbocycles. The zero-order chi connectivity index (χ0) is 76.5. The smallest absolute Gasteiger partial charge is 0.277 e. The van der Waals surface area contributed by atoms with Gasteiger partial charge in [-0.05, 0) is 98.1 Å². The highest BCUT2D eigenvalue weighted by molar-refractivity contribution is 6.30. The van der Waals surface area contributed by atoms with Gasteiger partial charge in [-0.25, -0.2) is 57.3 Å². The molecular weight excluding hydrogens is 1450 g/mol. The quantitative estimate of drug-likeness (QED) is 0.0188. The molecule has 37 heteroatoms. The van der Waals surface area contributed by atoms with Crippen molar-refractivity contribution >= 4 is 121 Å². The second-order valence-corrected chi connectivity index (χ2v) is 25.4. The van der Waals surface area contributed by atoms with E-state index in [0.29, 0.717) is 74.7 Å². The molecule has 4 atom stereocenters. The van der Waals surface area contributed by atoms with Crippen LogP contribution in [0.2, 0.25) is 15.5 Å². The zero-order valence-corrected chi connectivity index (χ0v) is 63.3. The Kier molecular flexibility index (Phi) is 30.5. The molecule has 106 heavy (non-hydrogen) atoms. The number of carbonyl (C=O) groups excluding carboxylic acids is 5. The number of piperazine rings is 1. The van der Waals surface area contributed by atoms with Gasteiger partial charge in [0, 0.05) is 80.3 Å². The third kappa shape index (κ3) is 19.6. The number of nitrogens with zero attached hydrogens (tertiary/aromatic N) is 14. The summed E-state index contributed by atoms with van der Waals surface area (Å²) in [6.07, 6.45) is -2.55. The van der Waals surface area contributed by atoms with Crippen LogP contribution in [0.4, 0.5) is 17.5 Å². The Labute approximate surface area is 633 Å². The Morgan fingerprint density at radius 3 is 1.27 bits per heavy atom. The Balaban J connectivity index is 0.000000222. The lowest BCUT2D eigenvalue weighted by atomic mass is 10.0. The molecule has 17 N–H and O–H groups in total. The van der Waals surface area contributed by atoms with E-state index in [-0.39, 0.29) is 100 Å². The van der Waals surface area contributed by atoms with Crippen LogP contribution < -0.4 is 75.2 Å². The van der Waals surface area contributed by atoms with Crippen molar-refractivity contribution in [2.45, 2.75) is 125 Å². The number of fused-ring (bicyclic) bond motifs is 3. The largest absolute Gasteiger partial charge is 1.00 e. The van der Waals surface area contributed by atoms with Gasteiger partial charge >= 0.3 is 0 Å². The Hall–Kier alpha value is -9.52. The first kappa shape index (κ1) is 83.7. The van der Waals surface area contributed by atoms with Crippen molar-refractivity contribution in [2.24, 2.45) is 0 Å². The molecule has 33 nitrogen and oxygen atoms in total. The molecular formula is C69H93Cl4N23O10+2. The first-order valence-electron chi connectivity index (χ1n) is 34.3. The number of anilines is 3. The number of hydrogen-bond acceptors (Lipinski definition) is 22. The molecule has 0 bridgehead atoms. The summed E-state index contributed by atoms with van der Waals surface area (Å²) < 4.78 is 12.6. The van der Waals surface area contributed by atoms with E-state index in [9.17, 15) is 44.4 Å². The maximum absolute atomic E-state index is 13.1. The van der Waals surface area contributed by atoms with E-state index in [0.717, 1.165) is 76.8 Å². The second kappa shape index (κ2) is 38.7. The number of carbonyl (C=O) groups is 5. The molecule has 3 aromatic carbocycles. The van der Waals surface area contributed by atoms with Gasteiger partial charge in [0.25, 0.3) is 47.0 Å². The predicted molar refractivity (Wildman–Crippen MR) is 396 cm³/mol. The average molecular weight is 1550 g/mol. The summed E-state index contributed by atoms with van der Waals surface area (Å²) in [6, 6.07) is 17.1. The molecule has 0 aliphatic carbocycles. The third-order valence-corrected chi connectivity index (χ3v) is 18.3. The van der Waals surface area contributed by atoms with Gasteiger partial charge < -0.3 is 96.8 Å². The Bertz CT molecular complexity index is 4630. The van der Waals surface area contributed by atoms with E-state index in [2.05, 4.69) is 110 Å². The lowest BCUT2D eigenvalue weighted by Crippen LogP contribution is -3.00. The number of benzene rings is 3. The molecule has 7 heterocycles. The van der Waals surface area contributed by atoms with Crippen molar-refractivity contribution in [1.82, 2.24) is 85.3 Å². The summed E-state index contributed by atoms with van der Waals surface area (Å²) in [6.45, 7) is 24.3. The van der Waals surface area contributed by atoms with E-state index in [1.54, 1.807) is 0 Å². The van der Waals surface area contributed by atoms with Crippen LogP contribution >= 0.6 is 34.8 Å². The van der Waals surface area contributed by atoms with E-state index in [4.69, 9.17) is 57.1 Å². The summed E-state index contributed by atoms with van der Waals surface area (Å²) in [4.78, 5) is 91.5.